The van der Waals surface area contributed by atoms with Crippen LogP contribution in [0.1, 0.15) is 25.3 Å². The molecular weight excluding hydrogens is 396 g/mol. The fourth-order valence-corrected chi connectivity index (χ4v) is 3.32. The van der Waals surface area contributed by atoms with E-state index in [0.717, 1.165) is 20.0 Å². The molecular formula is C16H14Br2N2O. The third kappa shape index (κ3) is 2.60. The normalized spacial score (nSPS) is 11.5. The van der Waals surface area contributed by atoms with E-state index in [-0.39, 0.29) is 0 Å². The van der Waals surface area contributed by atoms with E-state index in [1.807, 2.05) is 18.2 Å². The highest BCUT2D eigenvalue weighted by atomic mass is 79.9. The minimum absolute atomic E-state index is 0.507. The van der Waals surface area contributed by atoms with E-state index in [1.165, 1.54) is 5.56 Å². The van der Waals surface area contributed by atoms with Gasteiger partial charge in [-0.2, -0.15) is 0 Å². The zero-order valence-corrected chi connectivity index (χ0v) is 14.8. The van der Waals surface area contributed by atoms with Gasteiger partial charge in [-0.05, 0) is 61.5 Å². The van der Waals surface area contributed by atoms with Crippen LogP contribution < -0.4 is 5.73 Å². The van der Waals surface area contributed by atoms with Gasteiger partial charge in [0.05, 0.1) is 10.2 Å². The van der Waals surface area contributed by atoms with E-state index < -0.39 is 0 Å². The summed E-state index contributed by atoms with van der Waals surface area (Å²) in [7, 11) is 0. The van der Waals surface area contributed by atoms with E-state index in [4.69, 9.17) is 10.2 Å². The van der Waals surface area contributed by atoms with Crippen LogP contribution in [0.2, 0.25) is 0 Å². The Morgan fingerprint density at radius 3 is 2.43 bits per heavy atom. The molecule has 0 bridgehead atoms. The van der Waals surface area contributed by atoms with Crippen LogP contribution in [-0.4, -0.2) is 4.98 Å². The lowest BCUT2D eigenvalue weighted by molar-refractivity contribution is 0.619. The van der Waals surface area contributed by atoms with Crippen molar-refractivity contribution in [2.75, 3.05) is 5.73 Å². The van der Waals surface area contributed by atoms with E-state index >= 15 is 0 Å². The van der Waals surface area contributed by atoms with E-state index in [1.54, 1.807) is 0 Å². The summed E-state index contributed by atoms with van der Waals surface area (Å²) in [5.41, 5.74) is 10.3. The van der Waals surface area contributed by atoms with Crippen molar-refractivity contribution in [1.29, 1.82) is 0 Å². The molecule has 0 unspecified atom stereocenters. The second-order valence-corrected chi connectivity index (χ2v) is 6.88. The summed E-state index contributed by atoms with van der Waals surface area (Å²) in [6.45, 7) is 4.34. The highest BCUT2D eigenvalue weighted by molar-refractivity contribution is 9.11. The SMILES string of the molecule is CC(C)c1ccc(-c2nc3c(Br)c(N)c(Br)cc3o2)cc1. The predicted molar refractivity (Wildman–Crippen MR) is 93.3 cm³/mol. The summed E-state index contributed by atoms with van der Waals surface area (Å²) in [6, 6.07) is 10.1. The molecule has 5 heteroatoms. The van der Waals surface area contributed by atoms with Crippen molar-refractivity contribution >= 4 is 48.6 Å². The number of benzene rings is 2. The number of nitrogens with two attached hydrogens (primary N) is 1. The van der Waals surface area contributed by atoms with Gasteiger partial charge in [0.2, 0.25) is 5.89 Å². The van der Waals surface area contributed by atoms with E-state index in [9.17, 15) is 0 Å². The number of fused-ring (bicyclic) bond motifs is 1. The standard InChI is InChI=1S/C16H14Br2N2O/c1-8(2)9-3-5-10(6-4-9)16-20-15-12(21-16)7-11(17)14(19)13(15)18/h3-8H,19H2,1-2H3. The second-order valence-electron chi connectivity index (χ2n) is 5.23. The summed E-state index contributed by atoms with van der Waals surface area (Å²) < 4.78 is 7.39. The van der Waals surface area contributed by atoms with Crippen molar-refractivity contribution in [2.45, 2.75) is 19.8 Å². The summed E-state index contributed by atoms with van der Waals surface area (Å²) in [5.74, 6) is 1.10. The monoisotopic (exact) mass is 408 g/mol. The molecule has 3 nitrogen and oxygen atoms in total. The number of hydrogen-bond acceptors (Lipinski definition) is 3. The highest BCUT2D eigenvalue weighted by Gasteiger charge is 2.15. The first-order valence-corrected chi connectivity index (χ1v) is 8.20. The smallest absolute Gasteiger partial charge is 0.227 e. The van der Waals surface area contributed by atoms with Gasteiger partial charge in [-0.15, -0.1) is 0 Å². The molecule has 3 aromatic rings. The van der Waals surface area contributed by atoms with Crippen molar-refractivity contribution in [3.05, 3.63) is 44.8 Å². The fourth-order valence-electron chi connectivity index (χ4n) is 2.15. The fraction of sp³-hybridized carbons (Fsp3) is 0.188. The highest BCUT2D eigenvalue weighted by Crippen LogP contribution is 2.37. The zero-order chi connectivity index (χ0) is 15.1. The molecule has 108 valence electrons. The molecule has 2 aromatic carbocycles. The van der Waals surface area contributed by atoms with Crippen LogP contribution in [0, 0.1) is 0 Å². The van der Waals surface area contributed by atoms with E-state index in [0.29, 0.717) is 23.1 Å². The van der Waals surface area contributed by atoms with Crippen molar-refractivity contribution in [3.8, 4) is 11.5 Å². The Labute approximate surface area is 139 Å². The topological polar surface area (TPSA) is 52.0 Å². The number of halogens is 2. The minimum atomic E-state index is 0.507. The molecule has 0 atom stereocenters. The van der Waals surface area contributed by atoms with Crippen LogP contribution in [0.3, 0.4) is 0 Å². The molecule has 1 aromatic heterocycles. The molecule has 0 aliphatic rings. The van der Waals surface area contributed by atoms with Gasteiger partial charge < -0.3 is 10.2 Å². The molecule has 0 aliphatic carbocycles. The van der Waals surface area contributed by atoms with Crippen LogP contribution in [0.5, 0.6) is 0 Å². The number of anilines is 1. The maximum atomic E-state index is 5.97. The zero-order valence-electron chi connectivity index (χ0n) is 11.7. The van der Waals surface area contributed by atoms with Crippen molar-refractivity contribution < 1.29 is 4.42 Å². The molecule has 0 spiro atoms. The maximum absolute atomic E-state index is 5.97. The van der Waals surface area contributed by atoms with Gasteiger partial charge in [-0.25, -0.2) is 4.98 Å². The Bertz CT molecular complexity index is 807. The lowest BCUT2D eigenvalue weighted by atomic mass is 10.0. The van der Waals surface area contributed by atoms with Gasteiger partial charge in [0.25, 0.3) is 0 Å². The van der Waals surface area contributed by atoms with Gasteiger partial charge in [-0.1, -0.05) is 26.0 Å². The summed E-state index contributed by atoms with van der Waals surface area (Å²) >= 11 is 6.89. The lowest BCUT2D eigenvalue weighted by Crippen LogP contribution is -1.89. The molecule has 0 fully saturated rings. The molecule has 0 aliphatic heterocycles. The molecule has 21 heavy (non-hydrogen) atoms. The minimum Gasteiger partial charge on any atom is -0.436 e. The molecule has 1 heterocycles. The van der Waals surface area contributed by atoms with Crippen molar-refractivity contribution in [3.63, 3.8) is 0 Å². The summed E-state index contributed by atoms with van der Waals surface area (Å²) in [6.07, 6.45) is 0. The van der Waals surface area contributed by atoms with Gasteiger partial charge in [0, 0.05) is 10.0 Å². The maximum Gasteiger partial charge on any atom is 0.227 e. The van der Waals surface area contributed by atoms with Gasteiger partial charge in [0.15, 0.2) is 5.58 Å². The number of rotatable bonds is 2. The number of nitrogens with zero attached hydrogens (tertiary/aromatic N) is 1. The van der Waals surface area contributed by atoms with Crippen LogP contribution >= 0.6 is 31.9 Å². The Morgan fingerprint density at radius 1 is 1.14 bits per heavy atom. The average molecular weight is 410 g/mol. The van der Waals surface area contributed by atoms with E-state index in [2.05, 4.69) is 62.8 Å². The molecule has 3 rings (SSSR count). The average Bonchev–Trinajstić information content (AvgIpc) is 2.89. The Kier molecular flexibility index (Phi) is 3.80. The van der Waals surface area contributed by atoms with Crippen LogP contribution in [0.4, 0.5) is 5.69 Å². The Morgan fingerprint density at radius 2 is 1.81 bits per heavy atom. The molecule has 2 N–H and O–H groups in total. The molecule has 0 amide bonds. The lowest BCUT2D eigenvalue weighted by Gasteiger charge is -2.04. The Hall–Kier alpha value is -1.33. The van der Waals surface area contributed by atoms with Crippen molar-refractivity contribution in [1.82, 2.24) is 4.98 Å². The predicted octanol–water partition coefficient (Wildman–Crippen LogP) is 5.73. The quantitative estimate of drug-likeness (QED) is 0.550. The van der Waals surface area contributed by atoms with Crippen LogP contribution in [-0.2, 0) is 0 Å². The first kappa shape index (κ1) is 14.6. The van der Waals surface area contributed by atoms with Gasteiger partial charge in [0.1, 0.15) is 5.52 Å². The largest absolute Gasteiger partial charge is 0.436 e. The van der Waals surface area contributed by atoms with Crippen LogP contribution in [0.25, 0.3) is 22.6 Å². The number of oxazole rings is 1. The first-order valence-electron chi connectivity index (χ1n) is 6.61. The molecule has 0 saturated carbocycles. The number of hydrogen-bond donors (Lipinski definition) is 1. The van der Waals surface area contributed by atoms with Crippen LogP contribution in [0.15, 0.2) is 43.7 Å². The summed E-state index contributed by atoms with van der Waals surface area (Å²) in [5, 5.41) is 0. The van der Waals surface area contributed by atoms with Gasteiger partial charge in [-0.3, -0.25) is 0 Å². The van der Waals surface area contributed by atoms with Crippen molar-refractivity contribution in [2.24, 2.45) is 0 Å². The molecule has 0 radical (unpaired) electrons. The second kappa shape index (κ2) is 5.46. The summed E-state index contributed by atoms with van der Waals surface area (Å²) in [4.78, 5) is 4.54. The third-order valence-electron chi connectivity index (χ3n) is 3.44. The third-order valence-corrected chi connectivity index (χ3v) is 4.90. The Balaban J connectivity index is 2.11. The number of nitrogen functional groups attached to an aromatic ring is 1. The first-order chi connectivity index (χ1) is 9.97. The molecule has 0 saturated heterocycles. The van der Waals surface area contributed by atoms with Gasteiger partial charge >= 0.3 is 0 Å². The number of aromatic nitrogens is 1.